The van der Waals surface area contributed by atoms with E-state index in [1.54, 1.807) is 12.1 Å². The predicted octanol–water partition coefficient (Wildman–Crippen LogP) is 2.56. The third kappa shape index (κ3) is 4.35. The van der Waals surface area contributed by atoms with Crippen molar-refractivity contribution in [2.24, 2.45) is 5.92 Å². The lowest BCUT2D eigenvalue weighted by Gasteiger charge is -2.09. The molecule has 1 aromatic carbocycles. The van der Waals surface area contributed by atoms with Gasteiger partial charge in [0.05, 0.1) is 11.4 Å². The number of aromatic nitrogens is 2. The molecule has 1 heterocycles. The molecule has 0 bridgehead atoms. The lowest BCUT2D eigenvalue weighted by Crippen LogP contribution is -2.29. The van der Waals surface area contributed by atoms with E-state index >= 15 is 0 Å². The quantitative estimate of drug-likeness (QED) is 0.755. The average Bonchev–Trinajstić information content (AvgIpc) is 2.94. The van der Waals surface area contributed by atoms with Crippen LogP contribution in [0.15, 0.2) is 24.3 Å². The van der Waals surface area contributed by atoms with Gasteiger partial charge in [0, 0.05) is 12.5 Å². The summed E-state index contributed by atoms with van der Waals surface area (Å²) in [6.45, 7) is 4.36. The van der Waals surface area contributed by atoms with Gasteiger partial charge in [0.25, 0.3) is 0 Å². The van der Waals surface area contributed by atoms with E-state index < -0.39 is 0 Å². The Morgan fingerprint density at radius 2 is 2.12 bits per heavy atom. The molecule has 132 valence electrons. The number of hydrogen-bond acceptors (Lipinski definition) is 4. The summed E-state index contributed by atoms with van der Waals surface area (Å²) in [6.07, 6.45) is 1.96. The van der Waals surface area contributed by atoms with Crippen molar-refractivity contribution in [3.8, 4) is 11.8 Å². The zero-order valence-electron chi connectivity index (χ0n) is 14.4. The highest BCUT2D eigenvalue weighted by Crippen LogP contribution is 2.21. The second kappa shape index (κ2) is 8.29. The first-order valence-corrected chi connectivity index (χ1v) is 8.29. The maximum atomic E-state index is 13.1. The van der Waals surface area contributed by atoms with Crippen LogP contribution in [0.25, 0.3) is 5.69 Å². The van der Waals surface area contributed by atoms with Crippen molar-refractivity contribution in [2.75, 3.05) is 12.3 Å². The van der Waals surface area contributed by atoms with Crippen molar-refractivity contribution in [1.82, 2.24) is 15.1 Å². The van der Waals surface area contributed by atoms with Crippen LogP contribution in [-0.2, 0) is 11.2 Å². The summed E-state index contributed by atoms with van der Waals surface area (Å²) < 4.78 is 14.5. The molecule has 0 saturated carbocycles. The van der Waals surface area contributed by atoms with Crippen LogP contribution in [0.2, 0.25) is 0 Å². The minimum atomic E-state index is -0.354. The molecular weight excluding hydrogens is 321 g/mol. The van der Waals surface area contributed by atoms with Gasteiger partial charge in [-0.2, -0.15) is 10.4 Å². The highest BCUT2D eigenvalue weighted by molar-refractivity contribution is 5.78. The molecular formula is C18H22FN5O. The SMILES string of the molecule is CC[C@H](C)C(=O)NCCCc1nn(-c2ccc(F)cc2)c(N)c1C#N. The fraction of sp³-hybridized carbons (Fsp3) is 0.389. The summed E-state index contributed by atoms with van der Waals surface area (Å²) in [5.74, 6) is -0.109. The highest BCUT2D eigenvalue weighted by Gasteiger charge is 2.16. The lowest BCUT2D eigenvalue weighted by atomic mass is 10.1. The second-order valence-electron chi connectivity index (χ2n) is 5.91. The molecule has 0 fully saturated rings. The number of carbonyl (C=O) groups is 1. The summed E-state index contributed by atoms with van der Waals surface area (Å²) in [5, 5.41) is 16.6. The van der Waals surface area contributed by atoms with Gasteiger partial charge in [0.2, 0.25) is 5.91 Å². The molecule has 0 saturated heterocycles. The summed E-state index contributed by atoms with van der Waals surface area (Å²) in [4.78, 5) is 11.7. The van der Waals surface area contributed by atoms with Gasteiger partial charge in [-0.3, -0.25) is 4.79 Å². The smallest absolute Gasteiger partial charge is 0.222 e. The van der Waals surface area contributed by atoms with Gasteiger partial charge in [-0.15, -0.1) is 0 Å². The molecule has 2 aromatic rings. The largest absolute Gasteiger partial charge is 0.382 e. The van der Waals surface area contributed by atoms with Gasteiger partial charge < -0.3 is 11.1 Å². The number of anilines is 1. The average molecular weight is 343 g/mol. The zero-order chi connectivity index (χ0) is 18.4. The normalized spacial score (nSPS) is 11.8. The van der Waals surface area contributed by atoms with Crippen molar-refractivity contribution in [3.63, 3.8) is 0 Å². The maximum Gasteiger partial charge on any atom is 0.222 e. The molecule has 2 rings (SSSR count). The Balaban J connectivity index is 2.06. The molecule has 0 aliphatic rings. The van der Waals surface area contributed by atoms with Crippen molar-refractivity contribution in [2.45, 2.75) is 33.1 Å². The number of nitrogens with two attached hydrogens (primary N) is 1. The van der Waals surface area contributed by atoms with Gasteiger partial charge in [-0.25, -0.2) is 9.07 Å². The number of nitrogen functional groups attached to an aromatic ring is 1. The van der Waals surface area contributed by atoms with E-state index in [4.69, 9.17) is 5.73 Å². The third-order valence-corrected chi connectivity index (χ3v) is 4.13. The number of benzene rings is 1. The Bertz CT molecular complexity index is 776. The van der Waals surface area contributed by atoms with Crippen LogP contribution in [0.1, 0.15) is 37.9 Å². The fourth-order valence-corrected chi connectivity index (χ4v) is 2.38. The minimum absolute atomic E-state index is 0.0111. The Morgan fingerprint density at radius 3 is 2.72 bits per heavy atom. The fourth-order valence-electron chi connectivity index (χ4n) is 2.38. The third-order valence-electron chi connectivity index (χ3n) is 4.13. The number of carbonyl (C=O) groups excluding carboxylic acids is 1. The topological polar surface area (TPSA) is 96.7 Å². The van der Waals surface area contributed by atoms with Crippen LogP contribution in [0, 0.1) is 23.1 Å². The van der Waals surface area contributed by atoms with E-state index in [1.165, 1.54) is 16.8 Å². The Morgan fingerprint density at radius 1 is 1.44 bits per heavy atom. The lowest BCUT2D eigenvalue weighted by molar-refractivity contribution is -0.124. The van der Waals surface area contributed by atoms with Crippen LogP contribution < -0.4 is 11.1 Å². The standard InChI is InChI=1S/C18H22FN5O/c1-3-12(2)18(25)22-10-4-5-16-15(11-20)17(21)24(23-16)14-8-6-13(19)7-9-14/h6-9,12H,3-5,10,21H2,1-2H3,(H,22,25)/t12-/m0/s1. The summed E-state index contributed by atoms with van der Waals surface area (Å²) in [7, 11) is 0. The summed E-state index contributed by atoms with van der Waals surface area (Å²) in [5.41, 5.74) is 7.49. The Hall–Kier alpha value is -2.88. The second-order valence-corrected chi connectivity index (χ2v) is 5.91. The number of aryl methyl sites for hydroxylation is 1. The van der Waals surface area contributed by atoms with Crippen molar-refractivity contribution < 1.29 is 9.18 Å². The van der Waals surface area contributed by atoms with Crippen LogP contribution >= 0.6 is 0 Å². The van der Waals surface area contributed by atoms with E-state index in [9.17, 15) is 14.4 Å². The monoisotopic (exact) mass is 343 g/mol. The van der Waals surface area contributed by atoms with Crippen LogP contribution in [0.5, 0.6) is 0 Å². The number of halogens is 1. The molecule has 3 N–H and O–H groups in total. The molecule has 0 unspecified atom stereocenters. The van der Waals surface area contributed by atoms with Gasteiger partial charge in [-0.1, -0.05) is 13.8 Å². The summed E-state index contributed by atoms with van der Waals surface area (Å²) in [6, 6.07) is 7.80. The van der Waals surface area contributed by atoms with Gasteiger partial charge in [-0.05, 0) is 43.5 Å². The highest BCUT2D eigenvalue weighted by atomic mass is 19.1. The number of rotatable bonds is 7. The van der Waals surface area contributed by atoms with Gasteiger partial charge in [0.1, 0.15) is 23.3 Å². The van der Waals surface area contributed by atoms with Gasteiger partial charge in [0.15, 0.2) is 0 Å². The first kappa shape index (κ1) is 18.5. The molecule has 0 aliphatic heterocycles. The number of nitriles is 1. The van der Waals surface area contributed by atoms with Crippen LogP contribution in [0.3, 0.4) is 0 Å². The van der Waals surface area contributed by atoms with E-state index in [1.807, 2.05) is 13.8 Å². The molecule has 1 amide bonds. The number of nitrogens with zero attached hydrogens (tertiary/aromatic N) is 3. The number of amides is 1. The van der Waals surface area contributed by atoms with Crippen LogP contribution in [-0.4, -0.2) is 22.2 Å². The molecule has 7 heteroatoms. The first-order chi connectivity index (χ1) is 12.0. The summed E-state index contributed by atoms with van der Waals surface area (Å²) >= 11 is 0. The Kier molecular flexibility index (Phi) is 6.12. The number of hydrogen-bond donors (Lipinski definition) is 2. The first-order valence-electron chi connectivity index (χ1n) is 8.29. The minimum Gasteiger partial charge on any atom is -0.382 e. The Labute approximate surface area is 146 Å². The van der Waals surface area contributed by atoms with E-state index in [0.29, 0.717) is 36.3 Å². The molecule has 1 atom stereocenters. The maximum absolute atomic E-state index is 13.1. The predicted molar refractivity (Wildman–Crippen MR) is 93.4 cm³/mol. The van der Waals surface area contributed by atoms with E-state index in [2.05, 4.69) is 16.5 Å². The molecule has 25 heavy (non-hydrogen) atoms. The molecule has 0 spiro atoms. The van der Waals surface area contributed by atoms with Crippen LogP contribution in [0.4, 0.5) is 10.2 Å². The molecule has 0 aliphatic carbocycles. The molecule has 6 nitrogen and oxygen atoms in total. The van der Waals surface area contributed by atoms with E-state index in [-0.39, 0.29) is 23.5 Å². The molecule has 0 radical (unpaired) electrons. The zero-order valence-corrected chi connectivity index (χ0v) is 14.4. The van der Waals surface area contributed by atoms with Gasteiger partial charge >= 0.3 is 0 Å². The molecule has 1 aromatic heterocycles. The number of nitrogens with one attached hydrogen (secondary N) is 1. The van der Waals surface area contributed by atoms with Crippen molar-refractivity contribution in [1.29, 1.82) is 5.26 Å². The van der Waals surface area contributed by atoms with E-state index in [0.717, 1.165) is 6.42 Å². The van der Waals surface area contributed by atoms with Crippen molar-refractivity contribution in [3.05, 3.63) is 41.3 Å². The van der Waals surface area contributed by atoms with Crippen molar-refractivity contribution >= 4 is 11.7 Å².